The Morgan fingerprint density at radius 3 is 2.47 bits per heavy atom. The van der Waals surface area contributed by atoms with E-state index < -0.39 is 11.9 Å². The number of ether oxygens (including phenoxy) is 1. The molecule has 0 unspecified atom stereocenters. The van der Waals surface area contributed by atoms with Gasteiger partial charge >= 0.3 is 5.97 Å². The summed E-state index contributed by atoms with van der Waals surface area (Å²) >= 11 is 1.44. The molecule has 11 rings (SSSR count). The van der Waals surface area contributed by atoms with Gasteiger partial charge in [-0.3, -0.25) is 34.6 Å². The minimum Gasteiger partial charge on any atom is -0.490 e. The Labute approximate surface area is 434 Å². The molecule has 3 N–H and O–H groups in total. The number of carbonyl (C=O) groups is 4. The monoisotopic (exact) mass is 1010 g/mol. The number of piperazine rings is 1. The number of hydrogen-bond acceptors (Lipinski definition) is 12. The maximum absolute atomic E-state index is 13.7. The van der Waals surface area contributed by atoms with Crippen molar-refractivity contribution in [3.8, 4) is 16.9 Å². The van der Waals surface area contributed by atoms with E-state index in [1.165, 1.54) is 29.9 Å². The number of carboxylic acid groups (broad SMARTS) is 1. The lowest BCUT2D eigenvalue weighted by atomic mass is 9.83. The molecular formula is C58H63N9O6S. The molecule has 15 nitrogen and oxygen atoms in total. The third-order valence-corrected chi connectivity index (χ3v) is 16.9. The lowest BCUT2D eigenvalue weighted by Gasteiger charge is -2.37. The molecule has 6 heterocycles. The van der Waals surface area contributed by atoms with Crippen molar-refractivity contribution in [2.45, 2.75) is 90.2 Å². The van der Waals surface area contributed by atoms with Crippen LogP contribution in [0.5, 0.6) is 5.75 Å². The van der Waals surface area contributed by atoms with Crippen LogP contribution in [0.25, 0.3) is 32.2 Å². The highest BCUT2D eigenvalue weighted by molar-refractivity contribution is 7.22. The SMILES string of the molecule is Cc1c(OC2CCC(CC[C@H](C)CN3CCN(c4ccc5c([C@@H]6CCC(=O)NC6=O)nn(C)c5c4)CC3)CC2)cccc1-c1ccc(N2CCc3cccc(C(=O)Nc4nc5ccccc5s4)c3C2)nc1C(=O)O. The second-order valence-corrected chi connectivity index (χ2v) is 21.8. The van der Waals surface area contributed by atoms with Crippen molar-refractivity contribution in [2.24, 2.45) is 18.9 Å². The van der Waals surface area contributed by atoms with E-state index in [1.54, 1.807) is 0 Å². The van der Waals surface area contributed by atoms with Crippen molar-refractivity contribution in [3.05, 3.63) is 125 Å². The van der Waals surface area contributed by atoms with Crippen LogP contribution in [-0.4, -0.2) is 98.8 Å². The molecule has 4 aromatic carbocycles. The number of piperidine rings is 1. The van der Waals surface area contributed by atoms with Crippen molar-refractivity contribution >= 4 is 72.8 Å². The molecule has 0 spiro atoms. The molecule has 2 saturated heterocycles. The van der Waals surface area contributed by atoms with E-state index in [0.29, 0.717) is 66.3 Å². The summed E-state index contributed by atoms with van der Waals surface area (Å²) in [4.78, 5) is 67.4. The summed E-state index contributed by atoms with van der Waals surface area (Å²) in [6.45, 7) is 10.5. The number of anilines is 3. The molecule has 3 fully saturated rings. The molecular weight excluding hydrogens is 951 g/mol. The normalized spacial score (nSPS) is 19.9. The van der Waals surface area contributed by atoms with Crippen LogP contribution in [0, 0.1) is 18.8 Å². The van der Waals surface area contributed by atoms with Crippen molar-refractivity contribution < 1.29 is 29.0 Å². The highest BCUT2D eigenvalue weighted by atomic mass is 32.1. The predicted molar refractivity (Wildman–Crippen MR) is 289 cm³/mol. The number of hydrogen-bond donors (Lipinski definition) is 3. The van der Waals surface area contributed by atoms with Gasteiger partial charge in [-0.05, 0) is 141 Å². The number of benzene rings is 4. The molecule has 0 radical (unpaired) electrons. The quantitative estimate of drug-likeness (QED) is 0.0882. The topological polar surface area (TPSA) is 175 Å². The molecule has 0 bridgehead atoms. The number of carbonyl (C=O) groups excluding carboxylic acids is 3. The van der Waals surface area contributed by atoms with Crippen molar-refractivity contribution in [1.82, 2.24) is 30.0 Å². The average Bonchev–Trinajstić information content (AvgIpc) is 3.97. The number of fused-ring (bicyclic) bond motifs is 3. The molecule has 74 heavy (non-hydrogen) atoms. The number of rotatable bonds is 14. The number of imide groups is 1. The molecule has 4 aliphatic rings. The van der Waals surface area contributed by atoms with Crippen LogP contribution in [0.1, 0.15) is 107 Å². The predicted octanol–water partition coefficient (Wildman–Crippen LogP) is 9.76. The molecule has 3 amide bonds. The van der Waals surface area contributed by atoms with Gasteiger partial charge in [0.05, 0.1) is 33.4 Å². The molecule has 16 heteroatoms. The van der Waals surface area contributed by atoms with Crippen LogP contribution < -0.4 is 25.2 Å². The van der Waals surface area contributed by atoms with E-state index in [1.807, 2.05) is 85.4 Å². The summed E-state index contributed by atoms with van der Waals surface area (Å²) in [5.41, 5.74) is 8.52. The zero-order valence-corrected chi connectivity index (χ0v) is 43.1. The number of amides is 3. The molecule has 1 saturated carbocycles. The number of carboxylic acids is 1. The average molecular weight is 1010 g/mol. The Morgan fingerprint density at radius 1 is 0.865 bits per heavy atom. The fraction of sp³-hybridized carbons (Fsp3) is 0.397. The van der Waals surface area contributed by atoms with E-state index in [4.69, 9.17) is 14.8 Å². The van der Waals surface area contributed by atoms with Gasteiger partial charge < -0.3 is 19.6 Å². The summed E-state index contributed by atoms with van der Waals surface area (Å²) in [7, 11) is 1.92. The zero-order valence-electron chi connectivity index (χ0n) is 42.3. The second-order valence-electron chi connectivity index (χ2n) is 20.8. The highest BCUT2D eigenvalue weighted by Crippen LogP contribution is 2.38. The number of thiazole rings is 1. The van der Waals surface area contributed by atoms with Gasteiger partial charge in [-0.1, -0.05) is 61.1 Å². The first-order valence-corrected chi connectivity index (χ1v) is 27.0. The number of aromatic carboxylic acids is 1. The molecule has 382 valence electrons. The van der Waals surface area contributed by atoms with Crippen LogP contribution in [-0.2, 0) is 29.6 Å². The second kappa shape index (κ2) is 21.0. The van der Waals surface area contributed by atoms with Crippen LogP contribution in [0.3, 0.4) is 0 Å². The van der Waals surface area contributed by atoms with Crippen LogP contribution in [0.4, 0.5) is 16.6 Å². The largest absolute Gasteiger partial charge is 0.490 e. The molecule has 7 aromatic rings. The van der Waals surface area contributed by atoms with Gasteiger partial charge in [0, 0.05) is 81.5 Å². The Kier molecular flexibility index (Phi) is 13.9. The molecule has 2 atom stereocenters. The molecule has 3 aromatic heterocycles. The maximum atomic E-state index is 13.7. The van der Waals surface area contributed by atoms with Crippen molar-refractivity contribution in [3.63, 3.8) is 0 Å². The minimum absolute atomic E-state index is 0.0176. The van der Waals surface area contributed by atoms with Gasteiger partial charge in [0.1, 0.15) is 11.6 Å². The molecule has 1 aliphatic carbocycles. The van der Waals surface area contributed by atoms with E-state index in [0.717, 1.165) is 113 Å². The summed E-state index contributed by atoms with van der Waals surface area (Å²) < 4.78 is 9.57. The highest BCUT2D eigenvalue weighted by Gasteiger charge is 2.33. The summed E-state index contributed by atoms with van der Waals surface area (Å²) in [5, 5.41) is 22.3. The first-order valence-electron chi connectivity index (χ1n) is 26.2. The number of pyridine rings is 1. The number of para-hydroxylation sites is 1. The van der Waals surface area contributed by atoms with Crippen molar-refractivity contribution in [1.29, 1.82) is 0 Å². The summed E-state index contributed by atoms with van der Waals surface area (Å²) in [6, 6.07) is 29.6. The molecule has 3 aliphatic heterocycles. The fourth-order valence-corrected chi connectivity index (χ4v) is 12.6. The number of nitrogens with zero attached hydrogens (tertiary/aromatic N) is 7. The Balaban J connectivity index is 0.657. The number of aromatic nitrogens is 4. The number of nitrogens with one attached hydrogen (secondary N) is 2. The zero-order chi connectivity index (χ0) is 51.0. The lowest BCUT2D eigenvalue weighted by Crippen LogP contribution is -2.47. The van der Waals surface area contributed by atoms with Crippen molar-refractivity contribution in [2.75, 3.05) is 54.4 Å². The van der Waals surface area contributed by atoms with Gasteiger partial charge in [-0.2, -0.15) is 5.10 Å². The third kappa shape index (κ3) is 10.2. The van der Waals surface area contributed by atoms with E-state index in [9.17, 15) is 24.3 Å². The van der Waals surface area contributed by atoms with Crippen LogP contribution >= 0.6 is 11.3 Å². The Hall–Kier alpha value is -7.17. The minimum atomic E-state index is -1.10. The van der Waals surface area contributed by atoms with Gasteiger partial charge in [0.2, 0.25) is 11.8 Å². The summed E-state index contributed by atoms with van der Waals surface area (Å²) in [5.74, 6) is 0.412. The van der Waals surface area contributed by atoms with Crippen LogP contribution in [0.2, 0.25) is 0 Å². The first-order chi connectivity index (χ1) is 35.9. The van der Waals surface area contributed by atoms with Gasteiger partial charge in [-0.25, -0.2) is 14.8 Å². The van der Waals surface area contributed by atoms with E-state index in [-0.39, 0.29) is 29.5 Å². The third-order valence-electron chi connectivity index (χ3n) is 15.9. The number of aryl methyl sites for hydroxylation is 1. The maximum Gasteiger partial charge on any atom is 0.355 e. The fourth-order valence-electron chi connectivity index (χ4n) is 11.8. The lowest BCUT2D eigenvalue weighted by molar-refractivity contribution is -0.134. The van der Waals surface area contributed by atoms with E-state index in [2.05, 4.69) is 61.5 Å². The standard InChI is InChI=1S/C58H63N9O6S/c1-35(33-65-28-30-66(31-29-65)39-18-21-44-48(32-39)64(3)63-53(44)45-23-25-52(68)61-56(45)70)14-15-37-16-19-40(20-17-37)73-49-12-7-9-41(36(49)2)42-22-24-51(60-54(42)57(71)72)67-27-26-38-8-6-10-43(46(38)34-67)55(69)62-58-59-47-11-4-5-13-50(47)74-58/h4-13,18,21-22,24,32,35,37,40,45H,14-17,19-20,23,25-31,33-34H2,1-3H3,(H,71,72)(H,59,62,69)(H,61,68,70)/t35-,37?,40?,45-/m0/s1. The van der Waals surface area contributed by atoms with Crippen LogP contribution in [0.15, 0.2) is 91.0 Å². The first kappa shape index (κ1) is 49.1. The Bertz CT molecular complexity index is 3250. The Morgan fingerprint density at radius 2 is 1.68 bits per heavy atom. The van der Waals surface area contributed by atoms with Gasteiger partial charge in [-0.15, -0.1) is 0 Å². The smallest absolute Gasteiger partial charge is 0.355 e. The van der Waals surface area contributed by atoms with Gasteiger partial charge in [0.15, 0.2) is 10.8 Å². The van der Waals surface area contributed by atoms with Gasteiger partial charge in [0.25, 0.3) is 5.91 Å². The van der Waals surface area contributed by atoms with E-state index >= 15 is 0 Å². The summed E-state index contributed by atoms with van der Waals surface area (Å²) in [6.07, 6.45) is 8.31.